The van der Waals surface area contributed by atoms with Crippen LogP contribution in [-0.2, 0) is 0 Å². The zero-order chi connectivity index (χ0) is 14.5. The summed E-state index contributed by atoms with van der Waals surface area (Å²) in [5.74, 6) is -0.0581. The fraction of sp³-hybridized carbons (Fsp3) is 0.400. The minimum atomic E-state index is -0.0581. The van der Waals surface area contributed by atoms with Gasteiger partial charge in [0.15, 0.2) is 0 Å². The number of hydrogen-bond acceptors (Lipinski definition) is 4. The first kappa shape index (κ1) is 13.8. The third-order valence-electron chi connectivity index (χ3n) is 3.79. The molecule has 6 heteroatoms. The fourth-order valence-corrected chi connectivity index (χ4v) is 2.67. The lowest BCUT2D eigenvalue weighted by Gasteiger charge is -2.12. The van der Waals surface area contributed by atoms with Gasteiger partial charge < -0.3 is 10.6 Å². The van der Waals surface area contributed by atoms with Gasteiger partial charge in [0.1, 0.15) is 12.7 Å². The molecule has 1 aliphatic rings. The van der Waals surface area contributed by atoms with Crippen LogP contribution in [0.1, 0.15) is 29.6 Å². The lowest BCUT2D eigenvalue weighted by Crippen LogP contribution is -2.31. The molecule has 0 bridgehead atoms. The molecule has 1 fully saturated rings. The highest BCUT2D eigenvalue weighted by Crippen LogP contribution is 2.13. The molecule has 0 unspecified atom stereocenters. The smallest absolute Gasteiger partial charge is 0.253 e. The van der Waals surface area contributed by atoms with Crippen molar-refractivity contribution in [2.45, 2.75) is 25.3 Å². The molecule has 21 heavy (non-hydrogen) atoms. The number of para-hydroxylation sites is 1. The third kappa shape index (κ3) is 3.28. The molecule has 3 rings (SSSR count). The second-order valence-corrected chi connectivity index (χ2v) is 5.22. The quantitative estimate of drug-likeness (QED) is 0.864. The zero-order valence-corrected chi connectivity index (χ0v) is 11.8. The Morgan fingerprint density at radius 2 is 2.14 bits per heavy atom. The average molecular weight is 285 g/mol. The number of amides is 1. The van der Waals surface area contributed by atoms with Gasteiger partial charge in [-0.05, 0) is 37.9 Å². The molecule has 0 spiro atoms. The van der Waals surface area contributed by atoms with E-state index in [1.54, 1.807) is 17.2 Å². The Labute approximate surface area is 123 Å². The standard InChI is InChI=1S/C15H19N5O/c21-15(17-9-7-12-4-3-8-16-12)13-5-1-2-6-14(13)20-10-18-19-11-20/h1-2,5-6,10-12,16H,3-4,7-9H2,(H,17,21)/t12-/m0/s1. The molecule has 2 aromatic rings. The topological polar surface area (TPSA) is 71.8 Å². The number of rotatable bonds is 5. The van der Waals surface area contributed by atoms with Crippen molar-refractivity contribution in [3.05, 3.63) is 42.5 Å². The largest absolute Gasteiger partial charge is 0.352 e. The van der Waals surface area contributed by atoms with E-state index in [2.05, 4.69) is 20.8 Å². The van der Waals surface area contributed by atoms with Gasteiger partial charge in [0.2, 0.25) is 0 Å². The molecule has 0 radical (unpaired) electrons. The molecule has 1 aliphatic heterocycles. The van der Waals surface area contributed by atoms with Crippen molar-refractivity contribution in [1.82, 2.24) is 25.4 Å². The minimum Gasteiger partial charge on any atom is -0.352 e. The van der Waals surface area contributed by atoms with Crippen LogP contribution in [0.4, 0.5) is 0 Å². The number of nitrogens with zero attached hydrogens (tertiary/aromatic N) is 3. The highest BCUT2D eigenvalue weighted by Gasteiger charge is 2.15. The van der Waals surface area contributed by atoms with Crippen LogP contribution in [0.25, 0.3) is 5.69 Å². The van der Waals surface area contributed by atoms with E-state index in [-0.39, 0.29) is 5.91 Å². The van der Waals surface area contributed by atoms with E-state index in [0.717, 1.165) is 18.7 Å². The Balaban J connectivity index is 1.64. The molecule has 1 aromatic carbocycles. The van der Waals surface area contributed by atoms with E-state index < -0.39 is 0 Å². The predicted octanol–water partition coefficient (Wildman–Crippen LogP) is 1.14. The van der Waals surface area contributed by atoms with Gasteiger partial charge in [0.05, 0.1) is 11.3 Å². The summed E-state index contributed by atoms with van der Waals surface area (Å²) < 4.78 is 1.74. The lowest BCUT2D eigenvalue weighted by molar-refractivity contribution is 0.0952. The Morgan fingerprint density at radius 3 is 2.90 bits per heavy atom. The number of benzene rings is 1. The average Bonchev–Trinajstić information content (AvgIpc) is 3.20. The predicted molar refractivity (Wildman–Crippen MR) is 79.3 cm³/mol. The molecule has 2 N–H and O–H groups in total. The van der Waals surface area contributed by atoms with Crippen LogP contribution < -0.4 is 10.6 Å². The molecule has 2 heterocycles. The number of nitrogens with one attached hydrogen (secondary N) is 2. The SMILES string of the molecule is O=C(NCC[C@@H]1CCCN1)c1ccccc1-n1cnnc1. The van der Waals surface area contributed by atoms with Gasteiger partial charge >= 0.3 is 0 Å². The normalized spacial score (nSPS) is 17.8. The third-order valence-corrected chi connectivity index (χ3v) is 3.79. The lowest BCUT2D eigenvalue weighted by atomic mass is 10.1. The second kappa shape index (κ2) is 6.49. The number of carbonyl (C=O) groups is 1. The van der Waals surface area contributed by atoms with Gasteiger partial charge in [-0.3, -0.25) is 9.36 Å². The highest BCUT2D eigenvalue weighted by atomic mass is 16.1. The minimum absolute atomic E-state index is 0.0581. The molecule has 1 atom stereocenters. The van der Waals surface area contributed by atoms with Crippen LogP contribution in [0.5, 0.6) is 0 Å². The van der Waals surface area contributed by atoms with E-state index in [4.69, 9.17) is 0 Å². The van der Waals surface area contributed by atoms with Crippen LogP contribution in [0.3, 0.4) is 0 Å². The maximum absolute atomic E-state index is 12.3. The summed E-state index contributed by atoms with van der Waals surface area (Å²) in [5, 5.41) is 14.0. The van der Waals surface area contributed by atoms with Crippen LogP contribution >= 0.6 is 0 Å². The monoisotopic (exact) mass is 285 g/mol. The van der Waals surface area contributed by atoms with E-state index in [9.17, 15) is 4.79 Å². The van der Waals surface area contributed by atoms with Crippen LogP contribution in [0.2, 0.25) is 0 Å². The molecular weight excluding hydrogens is 266 g/mol. The van der Waals surface area contributed by atoms with Crippen molar-refractivity contribution < 1.29 is 4.79 Å². The Hall–Kier alpha value is -2.21. The summed E-state index contributed by atoms with van der Waals surface area (Å²) in [5.41, 5.74) is 1.43. The second-order valence-electron chi connectivity index (χ2n) is 5.22. The zero-order valence-electron chi connectivity index (χ0n) is 11.8. The number of aromatic nitrogens is 3. The summed E-state index contributed by atoms with van der Waals surface area (Å²) in [6.07, 6.45) is 6.59. The van der Waals surface area contributed by atoms with Crippen molar-refractivity contribution in [3.8, 4) is 5.69 Å². The van der Waals surface area contributed by atoms with Crippen molar-refractivity contribution >= 4 is 5.91 Å². The van der Waals surface area contributed by atoms with Crippen molar-refractivity contribution in [1.29, 1.82) is 0 Å². The summed E-state index contributed by atoms with van der Waals surface area (Å²) in [6, 6.07) is 8.00. The Kier molecular flexibility index (Phi) is 4.25. The van der Waals surface area contributed by atoms with Crippen LogP contribution in [-0.4, -0.2) is 39.8 Å². The van der Waals surface area contributed by atoms with Gasteiger partial charge in [-0.15, -0.1) is 10.2 Å². The van der Waals surface area contributed by atoms with E-state index >= 15 is 0 Å². The first-order chi connectivity index (χ1) is 10.3. The van der Waals surface area contributed by atoms with Crippen molar-refractivity contribution in [2.24, 2.45) is 0 Å². The van der Waals surface area contributed by atoms with E-state index in [1.165, 1.54) is 12.8 Å². The number of carbonyl (C=O) groups excluding carboxylic acids is 1. The van der Waals surface area contributed by atoms with Gasteiger partial charge in [-0.2, -0.15) is 0 Å². The van der Waals surface area contributed by atoms with Crippen LogP contribution in [0, 0.1) is 0 Å². The van der Waals surface area contributed by atoms with Crippen LogP contribution in [0.15, 0.2) is 36.9 Å². The molecule has 6 nitrogen and oxygen atoms in total. The van der Waals surface area contributed by atoms with E-state index in [0.29, 0.717) is 18.2 Å². The summed E-state index contributed by atoms with van der Waals surface area (Å²) in [6.45, 7) is 1.78. The molecule has 110 valence electrons. The molecular formula is C15H19N5O. The van der Waals surface area contributed by atoms with E-state index in [1.807, 2.05) is 24.3 Å². The summed E-state index contributed by atoms with van der Waals surface area (Å²) in [4.78, 5) is 12.3. The summed E-state index contributed by atoms with van der Waals surface area (Å²) in [7, 11) is 0. The molecule has 1 aromatic heterocycles. The van der Waals surface area contributed by atoms with Gasteiger partial charge in [0, 0.05) is 12.6 Å². The van der Waals surface area contributed by atoms with Gasteiger partial charge in [0.25, 0.3) is 5.91 Å². The Bertz CT molecular complexity index is 590. The number of hydrogen-bond donors (Lipinski definition) is 2. The highest BCUT2D eigenvalue weighted by molar-refractivity contribution is 5.97. The van der Waals surface area contributed by atoms with Gasteiger partial charge in [-0.1, -0.05) is 12.1 Å². The Morgan fingerprint density at radius 1 is 1.33 bits per heavy atom. The molecule has 1 amide bonds. The maximum atomic E-state index is 12.3. The first-order valence-electron chi connectivity index (χ1n) is 7.30. The van der Waals surface area contributed by atoms with Gasteiger partial charge in [-0.25, -0.2) is 0 Å². The van der Waals surface area contributed by atoms with Crippen molar-refractivity contribution in [2.75, 3.05) is 13.1 Å². The molecule has 0 saturated carbocycles. The first-order valence-corrected chi connectivity index (χ1v) is 7.30. The molecule has 0 aliphatic carbocycles. The molecule has 1 saturated heterocycles. The fourth-order valence-electron chi connectivity index (χ4n) is 2.67. The van der Waals surface area contributed by atoms with Crippen molar-refractivity contribution in [3.63, 3.8) is 0 Å². The maximum Gasteiger partial charge on any atom is 0.253 e. The summed E-state index contributed by atoms with van der Waals surface area (Å²) >= 11 is 0.